The SMILES string of the molecule is CCc1nn2c(C#N)c(-c3ccccc3OC)nc2s1. The third-order valence-electron chi connectivity index (χ3n) is 3.02. The van der Waals surface area contributed by atoms with Gasteiger partial charge in [-0.2, -0.15) is 14.9 Å². The van der Waals surface area contributed by atoms with Gasteiger partial charge in [-0.3, -0.25) is 0 Å². The van der Waals surface area contributed by atoms with Gasteiger partial charge in [-0.05, 0) is 18.6 Å². The van der Waals surface area contributed by atoms with Crippen molar-refractivity contribution in [2.75, 3.05) is 7.11 Å². The highest BCUT2D eigenvalue weighted by Gasteiger charge is 2.19. The fourth-order valence-electron chi connectivity index (χ4n) is 2.06. The highest BCUT2D eigenvalue weighted by atomic mass is 32.1. The summed E-state index contributed by atoms with van der Waals surface area (Å²) in [7, 11) is 1.61. The average molecular weight is 284 g/mol. The van der Waals surface area contributed by atoms with Crippen LogP contribution in [0.3, 0.4) is 0 Å². The normalized spacial score (nSPS) is 10.7. The zero-order valence-electron chi connectivity index (χ0n) is 11.1. The van der Waals surface area contributed by atoms with Crippen LogP contribution in [0.15, 0.2) is 24.3 Å². The predicted octanol–water partition coefficient (Wildman–Crippen LogP) is 2.90. The Labute approximate surface area is 120 Å². The van der Waals surface area contributed by atoms with Gasteiger partial charge < -0.3 is 4.74 Å². The molecule has 0 aliphatic rings. The second kappa shape index (κ2) is 4.94. The van der Waals surface area contributed by atoms with Crippen LogP contribution in [0.4, 0.5) is 0 Å². The predicted molar refractivity (Wildman–Crippen MR) is 76.9 cm³/mol. The smallest absolute Gasteiger partial charge is 0.214 e. The van der Waals surface area contributed by atoms with Crippen LogP contribution in [0.25, 0.3) is 16.2 Å². The summed E-state index contributed by atoms with van der Waals surface area (Å²) in [6.07, 6.45) is 0.836. The van der Waals surface area contributed by atoms with Crippen LogP contribution in [-0.4, -0.2) is 21.7 Å². The number of benzene rings is 1. The van der Waals surface area contributed by atoms with Gasteiger partial charge in [0.15, 0.2) is 5.69 Å². The Kier molecular flexibility index (Phi) is 3.12. The van der Waals surface area contributed by atoms with Gasteiger partial charge in [-0.15, -0.1) is 0 Å². The zero-order chi connectivity index (χ0) is 14.1. The maximum Gasteiger partial charge on any atom is 0.214 e. The van der Waals surface area contributed by atoms with Crippen LogP contribution < -0.4 is 4.74 Å². The Bertz CT molecular complexity index is 812. The maximum atomic E-state index is 9.43. The van der Waals surface area contributed by atoms with E-state index in [1.54, 1.807) is 11.6 Å². The molecule has 0 aliphatic carbocycles. The summed E-state index contributed by atoms with van der Waals surface area (Å²) in [6.45, 7) is 2.03. The van der Waals surface area contributed by atoms with E-state index in [0.717, 1.165) is 22.0 Å². The van der Waals surface area contributed by atoms with Gasteiger partial charge in [0.05, 0.1) is 7.11 Å². The molecular weight excluding hydrogens is 272 g/mol. The molecule has 2 heterocycles. The Morgan fingerprint density at radius 3 is 2.90 bits per heavy atom. The minimum absolute atomic E-state index is 0.445. The van der Waals surface area contributed by atoms with E-state index in [0.29, 0.717) is 17.1 Å². The number of hydrogen-bond donors (Lipinski definition) is 0. The first kappa shape index (κ1) is 12.6. The molecule has 3 aromatic rings. The Balaban J connectivity index is 2.26. The van der Waals surface area contributed by atoms with Crippen LogP contribution in [0.5, 0.6) is 5.75 Å². The van der Waals surface area contributed by atoms with Crippen LogP contribution in [0.1, 0.15) is 17.6 Å². The van der Waals surface area contributed by atoms with Gasteiger partial charge in [0, 0.05) is 5.56 Å². The van der Waals surface area contributed by atoms with Gasteiger partial charge in [-0.1, -0.05) is 30.4 Å². The van der Waals surface area contributed by atoms with E-state index in [9.17, 15) is 5.26 Å². The molecule has 20 heavy (non-hydrogen) atoms. The Morgan fingerprint density at radius 1 is 1.40 bits per heavy atom. The van der Waals surface area contributed by atoms with Crippen LogP contribution in [-0.2, 0) is 6.42 Å². The van der Waals surface area contributed by atoms with Gasteiger partial charge in [0.2, 0.25) is 4.96 Å². The summed E-state index contributed by atoms with van der Waals surface area (Å²) < 4.78 is 6.96. The van der Waals surface area contributed by atoms with E-state index in [1.165, 1.54) is 11.3 Å². The second-order valence-corrected chi connectivity index (χ2v) is 5.21. The molecule has 2 aromatic heterocycles. The van der Waals surface area contributed by atoms with E-state index in [1.807, 2.05) is 31.2 Å². The molecule has 1 aromatic carbocycles. The van der Waals surface area contributed by atoms with Gasteiger partial charge in [0.1, 0.15) is 22.5 Å². The highest BCUT2D eigenvalue weighted by Crippen LogP contribution is 2.32. The quantitative estimate of drug-likeness (QED) is 0.742. The molecule has 0 unspecified atom stereocenters. The summed E-state index contributed by atoms with van der Waals surface area (Å²) >= 11 is 1.50. The lowest BCUT2D eigenvalue weighted by Gasteiger charge is -2.05. The van der Waals surface area contributed by atoms with Crippen molar-refractivity contribution in [2.45, 2.75) is 13.3 Å². The van der Waals surface area contributed by atoms with E-state index in [4.69, 9.17) is 4.74 Å². The van der Waals surface area contributed by atoms with Gasteiger partial charge in [-0.25, -0.2) is 4.98 Å². The molecule has 0 bridgehead atoms. The van der Waals surface area contributed by atoms with Crippen molar-refractivity contribution in [3.8, 4) is 23.1 Å². The van der Waals surface area contributed by atoms with Gasteiger partial charge in [0.25, 0.3) is 0 Å². The molecule has 3 rings (SSSR count). The minimum Gasteiger partial charge on any atom is -0.496 e. The standard InChI is InChI=1S/C14H12N4OS/c1-3-12-17-18-10(8-15)13(16-14(18)20-12)9-6-4-5-7-11(9)19-2/h4-7H,3H2,1-2H3. The summed E-state index contributed by atoms with van der Waals surface area (Å²) in [4.78, 5) is 5.28. The Hall–Kier alpha value is -2.39. The lowest BCUT2D eigenvalue weighted by molar-refractivity contribution is 0.416. The molecule has 0 radical (unpaired) electrons. The van der Waals surface area contributed by atoms with E-state index >= 15 is 0 Å². The molecule has 0 saturated heterocycles. The number of nitriles is 1. The molecular formula is C14H12N4OS. The zero-order valence-corrected chi connectivity index (χ0v) is 11.9. The van der Waals surface area contributed by atoms with Crippen molar-refractivity contribution in [3.63, 3.8) is 0 Å². The lowest BCUT2D eigenvalue weighted by atomic mass is 10.1. The third-order valence-corrected chi connectivity index (χ3v) is 4.07. The first-order valence-electron chi connectivity index (χ1n) is 6.20. The number of ether oxygens (including phenoxy) is 1. The first-order valence-corrected chi connectivity index (χ1v) is 7.02. The molecule has 6 heteroatoms. The molecule has 0 aliphatic heterocycles. The fourth-order valence-corrected chi connectivity index (χ4v) is 2.89. The molecule has 100 valence electrons. The molecule has 0 spiro atoms. The van der Waals surface area contributed by atoms with Crippen molar-refractivity contribution in [3.05, 3.63) is 35.0 Å². The molecule has 0 amide bonds. The molecule has 5 nitrogen and oxygen atoms in total. The third kappa shape index (κ3) is 1.84. The second-order valence-electron chi connectivity index (χ2n) is 4.16. The monoisotopic (exact) mass is 284 g/mol. The van der Waals surface area contributed by atoms with Crippen LogP contribution >= 0.6 is 11.3 Å². The van der Waals surface area contributed by atoms with Crippen molar-refractivity contribution in [2.24, 2.45) is 0 Å². The number of nitrogens with zero attached hydrogens (tertiary/aromatic N) is 4. The van der Waals surface area contributed by atoms with E-state index in [2.05, 4.69) is 16.2 Å². The fraction of sp³-hybridized carbons (Fsp3) is 0.214. The molecule has 0 atom stereocenters. The number of aryl methyl sites for hydroxylation is 1. The summed E-state index contributed by atoms with van der Waals surface area (Å²) in [5.74, 6) is 0.700. The topological polar surface area (TPSA) is 63.2 Å². The van der Waals surface area contributed by atoms with Crippen molar-refractivity contribution >= 4 is 16.3 Å². The average Bonchev–Trinajstić information content (AvgIpc) is 3.03. The lowest BCUT2D eigenvalue weighted by Crippen LogP contribution is -1.93. The number of imidazole rings is 1. The van der Waals surface area contributed by atoms with Gasteiger partial charge >= 0.3 is 0 Å². The first-order chi connectivity index (χ1) is 9.78. The Morgan fingerprint density at radius 2 is 2.20 bits per heavy atom. The number of para-hydroxylation sites is 1. The minimum atomic E-state index is 0.445. The van der Waals surface area contributed by atoms with E-state index < -0.39 is 0 Å². The van der Waals surface area contributed by atoms with Crippen molar-refractivity contribution < 1.29 is 4.74 Å². The molecule has 0 N–H and O–H groups in total. The summed E-state index contributed by atoms with van der Waals surface area (Å²) in [5.41, 5.74) is 1.87. The summed E-state index contributed by atoms with van der Waals surface area (Å²) in [6, 6.07) is 9.74. The molecule has 0 saturated carbocycles. The number of rotatable bonds is 3. The van der Waals surface area contributed by atoms with Crippen molar-refractivity contribution in [1.82, 2.24) is 14.6 Å². The molecule has 0 fully saturated rings. The number of aromatic nitrogens is 3. The number of hydrogen-bond acceptors (Lipinski definition) is 5. The maximum absolute atomic E-state index is 9.43. The highest BCUT2D eigenvalue weighted by molar-refractivity contribution is 7.16. The number of methoxy groups -OCH3 is 1. The number of fused-ring (bicyclic) bond motifs is 1. The van der Waals surface area contributed by atoms with Crippen LogP contribution in [0.2, 0.25) is 0 Å². The van der Waals surface area contributed by atoms with E-state index in [-0.39, 0.29) is 0 Å². The summed E-state index contributed by atoms with van der Waals surface area (Å²) in [5, 5.41) is 14.8. The largest absolute Gasteiger partial charge is 0.496 e. The van der Waals surface area contributed by atoms with Crippen LogP contribution in [0, 0.1) is 11.3 Å². The van der Waals surface area contributed by atoms with Crippen molar-refractivity contribution in [1.29, 1.82) is 5.26 Å².